The van der Waals surface area contributed by atoms with Crippen LogP contribution in [-0.2, 0) is 6.61 Å². The zero-order valence-electron chi connectivity index (χ0n) is 12.8. The van der Waals surface area contributed by atoms with Crippen LogP contribution in [0, 0.1) is 13.8 Å². The lowest BCUT2D eigenvalue weighted by Crippen LogP contribution is -2.00. The predicted molar refractivity (Wildman–Crippen MR) is 87.7 cm³/mol. The first-order chi connectivity index (χ1) is 10.7. The van der Waals surface area contributed by atoms with E-state index in [1.165, 1.54) is 5.56 Å². The zero-order valence-corrected chi connectivity index (χ0v) is 12.8. The standard InChI is InChI=1S/C19H18N2O/c1-14-8-10-16(11-9-14)13-22-18-12-15(2)20-19(21-18)17-6-4-3-5-7-17/h3-12H,13H2,1-2H3. The van der Waals surface area contributed by atoms with Crippen LogP contribution in [0.15, 0.2) is 60.7 Å². The quantitative estimate of drug-likeness (QED) is 0.717. The molecule has 3 heteroatoms. The smallest absolute Gasteiger partial charge is 0.217 e. The van der Waals surface area contributed by atoms with Crippen LogP contribution in [0.3, 0.4) is 0 Å². The lowest BCUT2D eigenvalue weighted by Gasteiger charge is -2.08. The Balaban J connectivity index is 1.79. The molecule has 22 heavy (non-hydrogen) atoms. The maximum Gasteiger partial charge on any atom is 0.217 e. The molecule has 0 N–H and O–H groups in total. The molecule has 0 fully saturated rings. The molecule has 0 aliphatic carbocycles. The van der Waals surface area contributed by atoms with Crippen molar-refractivity contribution in [3.8, 4) is 17.3 Å². The Hall–Kier alpha value is -2.68. The summed E-state index contributed by atoms with van der Waals surface area (Å²) in [6.45, 7) is 4.53. The fourth-order valence-corrected chi connectivity index (χ4v) is 2.17. The first kappa shape index (κ1) is 14.3. The predicted octanol–water partition coefficient (Wildman–Crippen LogP) is 4.34. The normalized spacial score (nSPS) is 10.5. The molecule has 0 aliphatic heterocycles. The van der Waals surface area contributed by atoms with E-state index < -0.39 is 0 Å². The van der Waals surface area contributed by atoms with E-state index in [9.17, 15) is 0 Å². The van der Waals surface area contributed by atoms with Gasteiger partial charge in [-0.1, -0.05) is 60.2 Å². The summed E-state index contributed by atoms with van der Waals surface area (Å²) in [6.07, 6.45) is 0. The Labute approximate surface area is 130 Å². The van der Waals surface area contributed by atoms with Crippen LogP contribution in [-0.4, -0.2) is 9.97 Å². The summed E-state index contributed by atoms with van der Waals surface area (Å²) in [5.41, 5.74) is 4.26. The minimum absolute atomic E-state index is 0.505. The topological polar surface area (TPSA) is 35.0 Å². The molecular formula is C19H18N2O. The van der Waals surface area contributed by atoms with Crippen LogP contribution in [0.2, 0.25) is 0 Å². The van der Waals surface area contributed by atoms with Crippen molar-refractivity contribution in [1.29, 1.82) is 0 Å². The van der Waals surface area contributed by atoms with Crippen molar-refractivity contribution in [3.05, 3.63) is 77.5 Å². The highest BCUT2D eigenvalue weighted by Gasteiger charge is 2.06. The van der Waals surface area contributed by atoms with Crippen molar-refractivity contribution >= 4 is 0 Å². The van der Waals surface area contributed by atoms with Crippen LogP contribution < -0.4 is 4.74 Å². The van der Waals surface area contributed by atoms with Crippen molar-refractivity contribution in [3.63, 3.8) is 0 Å². The number of hydrogen-bond donors (Lipinski definition) is 0. The van der Waals surface area contributed by atoms with E-state index in [1.807, 2.05) is 43.3 Å². The van der Waals surface area contributed by atoms with E-state index >= 15 is 0 Å². The highest BCUT2D eigenvalue weighted by Crippen LogP contribution is 2.19. The highest BCUT2D eigenvalue weighted by molar-refractivity contribution is 5.55. The maximum atomic E-state index is 5.82. The number of nitrogens with zero attached hydrogens (tertiary/aromatic N) is 2. The van der Waals surface area contributed by atoms with Gasteiger partial charge in [0, 0.05) is 17.3 Å². The molecule has 0 unspecified atom stereocenters. The van der Waals surface area contributed by atoms with Gasteiger partial charge in [-0.05, 0) is 19.4 Å². The number of rotatable bonds is 4. The third kappa shape index (κ3) is 3.50. The molecule has 0 bridgehead atoms. The number of benzene rings is 2. The second kappa shape index (κ2) is 6.39. The van der Waals surface area contributed by atoms with Crippen LogP contribution in [0.4, 0.5) is 0 Å². The second-order valence-corrected chi connectivity index (χ2v) is 5.31. The summed E-state index contributed by atoms with van der Waals surface area (Å²) in [5.74, 6) is 1.30. The molecule has 0 spiro atoms. The van der Waals surface area contributed by atoms with Gasteiger partial charge < -0.3 is 4.74 Å². The fraction of sp³-hybridized carbons (Fsp3) is 0.158. The Morgan fingerprint density at radius 2 is 1.59 bits per heavy atom. The summed E-state index contributed by atoms with van der Waals surface area (Å²) >= 11 is 0. The molecule has 3 aromatic rings. The third-order valence-electron chi connectivity index (χ3n) is 3.37. The van der Waals surface area contributed by atoms with Gasteiger partial charge in [0.2, 0.25) is 5.88 Å². The number of aryl methyl sites for hydroxylation is 2. The number of ether oxygens (including phenoxy) is 1. The minimum atomic E-state index is 0.505. The van der Waals surface area contributed by atoms with Crippen molar-refractivity contribution in [2.75, 3.05) is 0 Å². The molecule has 3 nitrogen and oxygen atoms in total. The zero-order chi connectivity index (χ0) is 15.4. The van der Waals surface area contributed by atoms with E-state index in [1.54, 1.807) is 0 Å². The molecule has 3 rings (SSSR count). The van der Waals surface area contributed by atoms with Crippen molar-refractivity contribution in [2.45, 2.75) is 20.5 Å². The number of hydrogen-bond acceptors (Lipinski definition) is 3. The first-order valence-electron chi connectivity index (χ1n) is 7.30. The monoisotopic (exact) mass is 290 g/mol. The van der Waals surface area contributed by atoms with Crippen LogP contribution >= 0.6 is 0 Å². The molecular weight excluding hydrogens is 272 g/mol. The summed E-state index contributed by atoms with van der Waals surface area (Å²) in [7, 11) is 0. The van der Waals surface area contributed by atoms with Gasteiger partial charge in [-0.15, -0.1) is 0 Å². The van der Waals surface area contributed by atoms with Gasteiger partial charge in [-0.3, -0.25) is 0 Å². The van der Waals surface area contributed by atoms with Crippen molar-refractivity contribution in [2.24, 2.45) is 0 Å². The highest BCUT2D eigenvalue weighted by atomic mass is 16.5. The summed E-state index contributed by atoms with van der Waals surface area (Å²) in [4.78, 5) is 8.98. The van der Waals surface area contributed by atoms with E-state index in [4.69, 9.17) is 4.74 Å². The Bertz CT molecular complexity index is 752. The van der Waals surface area contributed by atoms with E-state index in [2.05, 4.69) is 41.2 Å². The second-order valence-electron chi connectivity index (χ2n) is 5.31. The SMILES string of the molecule is Cc1ccc(COc2cc(C)nc(-c3ccccc3)n2)cc1. The molecule has 110 valence electrons. The van der Waals surface area contributed by atoms with Gasteiger partial charge in [-0.25, -0.2) is 4.98 Å². The molecule has 1 heterocycles. The fourth-order valence-electron chi connectivity index (χ4n) is 2.17. The van der Waals surface area contributed by atoms with E-state index in [-0.39, 0.29) is 0 Å². The largest absolute Gasteiger partial charge is 0.473 e. The van der Waals surface area contributed by atoms with E-state index in [0.717, 1.165) is 16.8 Å². The summed E-state index contributed by atoms with van der Waals surface area (Å²) in [5, 5.41) is 0. The summed E-state index contributed by atoms with van der Waals surface area (Å²) in [6, 6.07) is 20.1. The third-order valence-corrected chi connectivity index (χ3v) is 3.37. The van der Waals surface area contributed by atoms with Crippen molar-refractivity contribution < 1.29 is 4.74 Å². The van der Waals surface area contributed by atoms with Gasteiger partial charge in [0.25, 0.3) is 0 Å². The van der Waals surface area contributed by atoms with Gasteiger partial charge in [0.1, 0.15) is 6.61 Å². The Morgan fingerprint density at radius 3 is 2.32 bits per heavy atom. The van der Waals surface area contributed by atoms with Crippen LogP contribution in [0.25, 0.3) is 11.4 Å². The van der Waals surface area contributed by atoms with E-state index in [0.29, 0.717) is 18.3 Å². The minimum Gasteiger partial charge on any atom is -0.473 e. The van der Waals surface area contributed by atoms with Gasteiger partial charge in [0.15, 0.2) is 5.82 Å². The Morgan fingerprint density at radius 1 is 0.864 bits per heavy atom. The van der Waals surface area contributed by atoms with Crippen molar-refractivity contribution in [1.82, 2.24) is 9.97 Å². The molecule has 1 aromatic heterocycles. The molecule has 0 radical (unpaired) electrons. The van der Waals surface area contributed by atoms with Gasteiger partial charge in [-0.2, -0.15) is 4.98 Å². The lowest BCUT2D eigenvalue weighted by atomic mass is 10.2. The van der Waals surface area contributed by atoms with Crippen LogP contribution in [0.1, 0.15) is 16.8 Å². The van der Waals surface area contributed by atoms with Crippen LogP contribution in [0.5, 0.6) is 5.88 Å². The molecule has 0 amide bonds. The number of aromatic nitrogens is 2. The van der Waals surface area contributed by atoms with Gasteiger partial charge >= 0.3 is 0 Å². The Kier molecular flexibility index (Phi) is 4.15. The first-order valence-corrected chi connectivity index (χ1v) is 7.30. The molecule has 0 saturated heterocycles. The summed E-state index contributed by atoms with van der Waals surface area (Å²) < 4.78 is 5.82. The average molecular weight is 290 g/mol. The molecule has 0 aliphatic rings. The molecule has 0 saturated carbocycles. The molecule has 0 atom stereocenters. The average Bonchev–Trinajstić information content (AvgIpc) is 2.55. The lowest BCUT2D eigenvalue weighted by molar-refractivity contribution is 0.293. The maximum absolute atomic E-state index is 5.82. The van der Waals surface area contributed by atoms with Gasteiger partial charge in [0.05, 0.1) is 0 Å². The molecule has 2 aromatic carbocycles.